The number of hydrazine groups is 1. The zero-order valence-electron chi connectivity index (χ0n) is 18.3. The van der Waals surface area contributed by atoms with Crippen molar-refractivity contribution in [1.29, 1.82) is 0 Å². The largest absolute Gasteiger partial charge is 0.495 e. The molecule has 0 amide bonds. The lowest BCUT2D eigenvalue weighted by molar-refractivity contribution is 0.220. The summed E-state index contributed by atoms with van der Waals surface area (Å²) in [4.78, 5) is 0. The fourth-order valence-corrected chi connectivity index (χ4v) is 4.31. The van der Waals surface area contributed by atoms with Gasteiger partial charge >= 0.3 is 0 Å². The Morgan fingerprint density at radius 1 is 1.09 bits per heavy atom. The highest BCUT2D eigenvalue weighted by Gasteiger charge is 2.27. The van der Waals surface area contributed by atoms with Gasteiger partial charge < -0.3 is 15.5 Å². The monoisotopic (exact) mass is 425 g/mol. The van der Waals surface area contributed by atoms with Gasteiger partial charge in [0.2, 0.25) is 0 Å². The van der Waals surface area contributed by atoms with E-state index < -0.39 is 0 Å². The fourth-order valence-electron chi connectivity index (χ4n) is 4.31. The van der Waals surface area contributed by atoms with E-state index in [-0.39, 0.29) is 6.17 Å². The molecule has 3 aromatic carbocycles. The minimum absolute atomic E-state index is 0.129. The molecule has 0 saturated carbocycles. The van der Waals surface area contributed by atoms with Crippen LogP contribution in [0, 0.1) is 0 Å². The van der Waals surface area contributed by atoms with Gasteiger partial charge in [0, 0.05) is 36.5 Å². The number of dihydropyridines is 1. The highest BCUT2D eigenvalue weighted by atomic mass is 16.5. The number of ether oxygens (including phenoxy) is 1. The van der Waals surface area contributed by atoms with Crippen molar-refractivity contribution >= 4 is 22.2 Å². The van der Waals surface area contributed by atoms with Crippen LogP contribution in [0.5, 0.6) is 5.75 Å². The van der Waals surface area contributed by atoms with E-state index >= 15 is 0 Å². The van der Waals surface area contributed by atoms with Gasteiger partial charge in [0.1, 0.15) is 11.9 Å². The molecule has 3 N–H and O–H groups in total. The smallest absolute Gasteiger partial charge is 0.143 e. The van der Waals surface area contributed by atoms with Crippen molar-refractivity contribution in [3.8, 4) is 5.75 Å². The van der Waals surface area contributed by atoms with E-state index in [0.717, 1.165) is 40.9 Å². The number of fused-ring (bicyclic) bond motifs is 2. The lowest BCUT2D eigenvalue weighted by Gasteiger charge is -2.34. The van der Waals surface area contributed by atoms with Crippen LogP contribution in [0.2, 0.25) is 0 Å². The van der Waals surface area contributed by atoms with Crippen molar-refractivity contribution in [2.45, 2.75) is 12.6 Å². The Labute approximate surface area is 188 Å². The molecule has 2 aliphatic heterocycles. The lowest BCUT2D eigenvalue weighted by atomic mass is 9.94. The van der Waals surface area contributed by atoms with Crippen LogP contribution in [0.3, 0.4) is 0 Å². The summed E-state index contributed by atoms with van der Waals surface area (Å²) in [6, 6.07) is 20.8. The molecule has 0 spiro atoms. The Bertz CT molecular complexity index is 1230. The van der Waals surface area contributed by atoms with Crippen LogP contribution in [0.25, 0.3) is 10.8 Å². The van der Waals surface area contributed by atoms with Crippen molar-refractivity contribution in [1.82, 2.24) is 15.8 Å². The van der Waals surface area contributed by atoms with Gasteiger partial charge in [-0.05, 0) is 29.3 Å². The van der Waals surface area contributed by atoms with Crippen molar-refractivity contribution < 1.29 is 4.74 Å². The SMILES string of the molecule is COc1ccc2ccccc2c1NNC1c2ccccc2C(CC2=CCNC=C2)=NN1C. The molecule has 32 heavy (non-hydrogen) atoms. The van der Waals surface area contributed by atoms with Crippen molar-refractivity contribution in [3.05, 3.63) is 95.7 Å². The summed E-state index contributed by atoms with van der Waals surface area (Å²) in [7, 11) is 3.69. The van der Waals surface area contributed by atoms with Crippen LogP contribution in [0.4, 0.5) is 5.69 Å². The molecule has 0 bridgehead atoms. The van der Waals surface area contributed by atoms with Crippen LogP contribution >= 0.6 is 0 Å². The maximum atomic E-state index is 5.63. The number of allylic oxidation sites excluding steroid dienone is 2. The Balaban J connectivity index is 1.44. The number of hydrazone groups is 1. The van der Waals surface area contributed by atoms with E-state index in [4.69, 9.17) is 9.84 Å². The number of nitrogens with one attached hydrogen (secondary N) is 3. The molecule has 1 unspecified atom stereocenters. The summed E-state index contributed by atoms with van der Waals surface area (Å²) in [5.74, 6) is 0.789. The molecular weight excluding hydrogens is 398 g/mol. The molecule has 162 valence electrons. The number of methoxy groups -OCH3 is 1. The summed E-state index contributed by atoms with van der Waals surface area (Å²) in [5.41, 5.74) is 12.5. The van der Waals surface area contributed by atoms with Crippen molar-refractivity contribution in [2.24, 2.45) is 5.10 Å². The third kappa shape index (κ3) is 3.81. The molecule has 6 heteroatoms. The highest BCUT2D eigenvalue weighted by Crippen LogP contribution is 2.34. The first-order chi connectivity index (χ1) is 15.7. The fraction of sp³-hybridized carbons (Fsp3) is 0.192. The first-order valence-corrected chi connectivity index (χ1v) is 10.8. The number of hydrogen-bond donors (Lipinski definition) is 3. The summed E-state index contributed by atoms with van der Waals surface area (Å²) in [5, 5.41) is 12.4. The summed E-state index contributed by atoms with van der Waals surface area (Å²) in [6.07, 6.45) is 7.00. The Morgan fingerprint density at radius 3 is 2.78 bits per heavy atom. The average Bonchev–Trinajstić information content (AvgIpc) is 2.84. The summed E-state index contributed by atoms with van der Waals surface area (Å²) in [6.45, 7) is 0.859. The van der Waals surface area contributed by atoms with Crippen LogP contribution in [-0.4, -0.2) is 31.4 Å². The minimum Gasteiger partial charge on any atom is -0.495 e. The van der Waals surface area contributed by atoms with Gasteiger partial charge in [0.15, 0.2) is 0 Å². The standard InChI is InChI=1S/C26H27N5O/c1-31-26(29-28-25-20-8-4-3-7-19(20)11-12-24(25)32-2)22-10-6-5-9-21(22)23(30-31)17-18-13-15-27-16-14-18/h3-15,26-29H,16-17H2,1-2H3. The number of hydrogen-bond acceptors (Lipinski definition) is 6. The second-order valence-electron chi connectivity index (χ2n) is 7.94. The molecule has 0 aliphatic carbocycles. The number of anilines is 1. The van der Waals surface area contributed by atoms with Gasteiger partial charge in [0.25, 0.3) is 0 Å². The molecular formula is C26H27N5O. The van der Waals surface area contributed by atoms with Gasteiger partial charge in [-0.15, -0.1) is 0 Å². The topological polar surface area (TPSA) is 60.9 Å². The van der Waals surface area contributed by atoms with Crippen LogP contribution < -0.4 is 20.9 Å². The Hall–Kier alpha value is -3.77. The number of benzene rings is 3. The second-order valence-corrected chi connectivity index (χ2v) is 7.94. The molecule has 0 radical (unpaired) electrons. The van der Waals surface area contributed by atoms with E-state index in [0.29, 0.717) is 0 Å². The molecule has 3 aromatic rings. The number of rotatable bonds is 6. The van der Waals surface area contributed by atoms with E-state index in [1.165, 1.54) is 16.7 Å². The minimum atomic E-state index is -0.129. The highest BCUT2D eigenvalue weighted by molar-refractivity contribution is 6.04. The van der Waals surface area contributed by atoms with E-state index in [2.05, 4.69) is 70.8 Å². The summed E-state index contributed by atoms with van der Waals surface area (Å²) < 4.78 is 5.63. The molecule has 0 fully saturated rings. The molecule has 5 rings (SSSR count). The lowest BCUT2D eigenvalue weighted by Crippen LogP contribution is -2.40. The predicted molar refractivity (Wildman–Crippen MR) is 131 cm³/mol. The molecule has 0 saturated heterocycles. The van der Waals surface area contributed by atoms with Gasteiger partial charge in [-0.25, -0.2) is 5.43 Å². The van der Waals surface area contributed by atoms with Gasteiger partial charge in [0.05, 0.1) is 18.5 Å². The maximum absolute atomic E-state index is 5.63. The van der Waals surface area contributed by atoms with Crippen LogP contribution in [0.15, 0.2) is 89.7 Å². The number of nitrogens with zero attached hydrogens (tertiary/aromatic N) is 2. The maximum Gasteiger partial charge on any atom is 0.143 e. The zero-order chi connectivity index (χ0) is 21.9. The second kappa shape index (κ2) is 8.77. The van der Waals surface area contributed by atoms with E-state index in [1.807, 2.05) is 36.5 Å². The Morgan fingerprint density at radius 2 is 1.94 bits per heavy atom. The molecule has 6 nitrogen and oxygen atoms in total. The predicted octanol–water partition coefficient (Wildman–Crippen LogP) is 4.55. The van der Waals surface area contributed by atoms with E-state index in [9.17, 15) is 0 Å². The Kier molecular flexibility index (Phi) is 5.52. The molecule has 2 aliphatic rings. The first-order valence-electron chi connectivity index (χ1n) is 10.8. The van der Waals surface area contributed by atoms with Crippen LogP contribution in [0.1, 0.15) is 23.7 Å². The third-order valence-electron chi connectivity index (χ3n) is 5.93. The van der Waals surface area contributed by atoms with Gasteiger partial charge in [-0.3, -0.25) is 5.01 Å². The van der Waals surface area contributed by atoms with E-state index in [1.54, 1.807) is 7.11 Å². The van der Waals surface area contributed by atoms with Gasteiger partial charge in [-0.2, -0.15) is 5.10 Å². The normalized spacial score (nSPS) is 17.3. The molecule has 2 heterocycles. The van der Waals surface area contributed by atoms with Crippen molar-refractivity contribution in [3.63, 3.8) is 0 Å². The average molecular weight is 426 g/mol. The zero-order valence-corrected chi connectivity index (χ0v) is 18.3. The van der Waals surface area contributed by atoms with Crippen LogP contribution in [-0.2, 0) is 0 Å². The van der Waals surface area contributed by atoms with Crippen molar-refractivity contribution in [2.75, 3.05) is 26.1 Å². The van der Waals surface area contributed by atoms with Gasteiger partial charge in [-0.1, -0.05) is 60.7 Å². The molecule has 0 aromatic heterocycles. The third-order valence-corrected chi connectivity index (χ3v) is 5.93. The first kappa shape index (κ1) is 20.2. The quantitative estimate of drug-likeness (QED) is 0.506. The molecule has 1 atom stereocenters. The summed E-state index contributed by atoms with van der Waals surface area (Å²) >= 11 is 0.